The van der Waals surface area contributed by atoms with Crippen LogP contribution in [0.4, 0.5) is 0 Å². The maximum atomic E-state index is 12.5. The molecule has 0 saturated carbocycles. The number of rotatable bonds is 6. The molecular formula is C16H31N3O2. The van der Waals surface area contributed by atoms with Gasteiger partial charge in [-0.15, -0.1) is 0 Å². The third kappa shape index (κ3) is 4.41. The summed E-state index contributed by atoms with van der Waals surface area (Å²) in [4.78, 5) is 19.4. The quantitative estimate of drug-likeness (QED) is 0.686. The molecule has 2 heterocycles. The van der Waals surface area contributed by atoms with E-state index in [1.165, 1.54) is 12.8 Å². The van der Waals surface area contributed by atoms with Crippen LogP contribution in [0.2, 0.25) is 0 Å². The number of nitrogens with zero attached hydrogens (tertiary/aromatic N) is 3. The summed E-state index contributed by atoms with van der Waals surface area (Å²) in [5, 5.41) is 0. The monoisotopic (exact) mass is 297 g/mol. The number of carbonyl (C=O) groups is 1. The molecule has 0 aliphatic carbocycles. The Kier molecular flexibility index (Phi) is 6.45. The molecule has 21 heavy (non-hydrogen) atoms. The van der Waals surface area contributed by atoms with Crippen molar-refractivity contribution in [3.05, 3.63) is 0 Å². The molecule has 1 amide bonds. The Morgan fingerprint density at radius 2 is 1.95 bits per heavy atom. The summed E-state index contributed by atoms with van der Waals surface area (Å²) in [5.74, 6) is 0.322. The molecule has 0 radical (unpaired) electrons. The zero-order valence-electron chi connectivity index (χ0n) is 13.9. The van der Waals surface area contributed by atoms with Crippen LogP contribution >= 0.6 is 0 Å². The SMILES string of the molecule is CCOCCN1CCN([C@@H](C)C(=O)N2CCCC2)C[C@H]1C. The van der Waals surface area contributed by atoms with Gasteiger partial charge in [0.1, 0.15) is 0 Å². The Balaban J connectivity index is 1.79. The first-order chi connectivity index (χ1) is 10.1. The van der Waals surface area contributed by atoms with Crippen molar-refractivity contribution in [1.82, 2.24) is 14.7 Å². The van der Waals surface area contributed by atoms with Gasteiger partial charge in [0.05, 0.1) is 12.6 Å². The van der Waals surface area contributed by atoms with E-state index in [4.69, 9.17) is 4.74 Å². The lowest BCUT2D eigenvalue weighted by atomic mass is 10.1. The minimum atomic E-state index is 0.0274. The fourth-order valence-corrected chi connectivity index (χ4v) is 3.39. The lowest BCUT2D eigenvalue weighted by Gasteiger charge is -2.42. The number of likely N-dealkylation sites (tertiary alicyclic amines) is 1. The molecule has 0 aromatic heterocycles. The van der Waals surface area contributed by atoms with Crippen molar-refractivity contribution in [2.75, 3.05) is 52.5 Å². The van der Waals surface area contributed by atoms with Crippen molar-refractivity contribution in [3.63, 3.8) is 0 Å². The number of ether oxygens (including phenoxy) is 1. The van der Waals surface area contributed by atoms with Crippen LogP contribution in [0.5, 0.6) is 0 Å². The van der Waals surface area contributed by atoms with E-state index >= 15 is 0 Å². The predicted molar refractivity (Wildman–Crippen MR) is 84.4 cm³/mol. The number of hydrogen-bond acceptors (Lipinski definition) is 4. The average Bonchev–Trinajstić information content (AvgIpc) is 3.02. The van der Waals surface area contributed by atoms with Crippen molar-refractivity contribution >= 4 is 5.91 Å². The molecule has 2 rings (SSSR count). The number of carbonyl (C=O) groups excluding carboxylic acids is 1. The van der Waals surface area contributed by atoms with E-state index in [0.29, 0.717) is 11.9 Å². The van der Waals surface area contributed by atoms with Crippen LogP contribution in [0.3, 0.4) is 0 Å². The van der Waals surface area contributed by atoms with Crippen molar-refractivity contribution in [2.45, 2.75) is 45.7 Å². The van der Waals surface area contributed by atoms with Crippen LogP contribution < -0.4 is 0 Å². The Morgan fingerprint density at radius 3 is 2.57 bits per heavy atom. The molecule has 0 aromatic carbocycles. The zero-order chi connectivity index (χ0) is 15.2. The van der Waals surface area contributed by atoms with Crippen molar-refractivity contribution in [3.8, 4) is 0 Å². The van der Waals surface area contributed by atoms with Crippen LogP contribution in [0.15, 0.2) is 0 Å². The van der Waals surface area contributed by atoms with Crippen LogP contribution in [0.1, 0.15) is 33.6 Å². The molecule has 5 heteroatoms. The molecule has 2 aliphatic rings. The summed E-state index contributed by atoms with van der Waals surface area (Å²) in [7, 11) is 0. The summed E-state index contributed by atoms with van der Waals surface area (Å²) in [5.41, 5.74) is 0. The molecule has 0 bridgehead atoms. The van der Waals surface area contributed by atoms with E-state index < -0.39 is 0 Å². The van der Waals surface area contributed by atoms with E-state index in [9.17, 15) is 4.79 Å². The molecule has 122 valence electrons. The minimum absolute atomic E-state index is 0.0274. The Bertz CT molecular complexity index is 331. The van der Waals surface area contributed by atoms with Gasteiger partial charge in [0, 0.05) is 51.9 Å². The fourth-order valence-electron chi connectivity index (χ4n) is 3.39. The fraction of sp³-hybridized carbons (Fsp3) is 0.938. The van der Waals surface area contributed by atoms with E-state index in [1.54, 1.807) is 0 Å². The molecule has 2 aliphatic heterocycles. The normalized spacial score (nSPS) is 26.2. The van der Waals surface area contributed by atoms with Gasteiger partial charge in [-0.05, 0) is 33.6 Å². The molecule has 2 atom stereocenters. The van der Waals surface area contributed by atoms with E-state index in [2.05, 4.69) is 23.6 Å². The Labute approximate surface area is 129 Å². The largest absolute Gasteiger partial charge is 0.380 e. The van der Waals surface area contributed by atoms with E-state index in [0.717, 1.165) is 52.5 Å². The lowest BCUT2D eigenvalue weighted by Crippen LogP contribution is -2.57. The third-order valence-corrected chi connectivity index (χ3v) is 4.85. The second-order valence-electron chi connectivity index (χ2n) is 6.29. The standard InChI is InChI=1S/C16H31N3O2/c1-4-21-12-11-17-9-10-19(13-14(17)2)15(3)16(20)18-7-5-6-8-18/h14-15H,4-13H2,1-3H3/t14-,15+/m1/s1. The number of hydrogen-bond donors (Lipinski definition) is 0. The highest BCUT2D eigenvalue weighted by molar-refractivity contribution is 5.81. The number of amides is 1. The van der Waals surface area contributed by atoms with E-state index in [-0.39, 0.29) is 6.04 Å². The first kappa shape index (κ1) is 16.7. The van der Waals surface area contributed by atoms with Crippen molar-refractivity contribution in [1.29, 1.82) is 0 Å². The molecule has 2 saturated heterocycles. The van der Waals surface area contributed by atoms with Gasteiger partial charge in [0.2, 0.25) is 5.91 Å². The number of piperazine rings is 1. The summed E-state index contributed by atoms with van der Waals surface area (Å²) < 4.78 is 5.45. The van der Waals surface area contributed by atoms with Crippen LogP contribution in [-0.2, 0) is 9.53 Å². The predicted octanol–water partition coefficient (Wildman–Crippen LogP) is 1.04. The Morgan fingerprint density at radius 1 is 1.24 bits per heavy atom. The van der Waals surface area contributed by atoms with Gasteiger partial charge >= 0.3 is 0 Å². The molecule has 0 N–H and O–H groups in total. The summed E-state index contributed by atoms with van der Waals surface area (Å²) in [6.45, 7) is 13.9. The summed E-state index contributed by atoms with van der Waals surface area (Å²) >= 11 is 0. The van der Waals surface area contributed by atoms with Gasteiger partial charge in [0.25, 0.3) is 0 Å². The lowest BCUT2D eigenvalue weighted by molar-refractivity contribution is -0.136. The maximum Gasteiger partial charge on any atom is 0.239 e. The molecule has 0 spiro atoms. The van der Waals surface area contributed by atoms with Crippen molar-refractivity contribution in [2.24, 2.45) is 0 Å². The highest BCUT2D eigenvalue weighted by Crippen LogP contribution is 2.16. The maximum absolute atomic E-state index is 12.5. The smallest absolute Gasteiger partial charge is 0.239 e. The second-order valence-corrected chi connectivity index (χ2v) is 6.29. The van der Waals surface area contributed by atoms with Crippen molar-refractivity contribution < 1.29 is 9.53 Å². The topological polar surface area (TPSA) is 36.0 Å². The minimum Gasteiger partial charge on any atom is -0.380 e. The Hall–Kier alpha value is -0.650. The van der Waals surface area contributed by atoms with Gasteiger partial charge in [-0.25, -0.2) is 0 Å². The van der Waals surface area contributed by atoms with Gasteiger partial charge in [-0.1, -0.05) is 0 Å². The van der Waals surface area contributed by atoms with Gasteiger partial charge in [0.15, 0.2) is 0 Å². The molecular weight excluding hydrogens is 266 g/mol. The van der Waals surface area contributed by atoms with Crippen LogP contribution in [-0.4, -0.2) is 85.2 Å². The highest BCUT2D eigenvalue weighted by Gasteiger charge is 2.32. The third-order valence-electron chi connectivity index (χ3n) is 4.85. The van der Waals surface area contributed by atoms with Gasteiger partial charge in [-0.3, -0.25) is 14.6 Å². The van der Waals surface area contributed by atoms with Crippen LogP contribution in [0, 0.1) is 0 Å². The molecule has 2 fully saturated rings. The molecule has 0 unspecified atom stereocenters. The molecule has 0 aromatic rings. The van der Waals surface area contributed by atoms with Gasteiger partial charge < -0.3 is 9.64 Å². The first-order valence-corrected chi connectivity index (χ1v) is 8.48. The zero-order valence-corrected chi connectivity index (χ0v) is 13.9. The molecule has 5 nitrogen and oxygen atoms in total. The summed E-state index contributed by atoms with van der Waals surface area (Å²) in [6, 6.07) is 0.521. The summed E-state index contributed by atoms with van der Waals surface area (Å²) in [6.07, 6.45) is 2.33. The highest BCUT2D eigenvalue weighted by atomic mass is 16.5. The van der Waals surface area contributed by atoms with E-state index in [1.807, 2.05) is 11.8 Å². The van der Waals surface area contributed by atoms with Gasteiger partial charge in [-0.2, -0.15) is 0 Å². The first-order valence-electron chi connectivity index (χ1n) is 8.48. The average molecular weight is 297 g/mol. The van der Waals surface area contributed by atoms with Crippen LogP contribution in [0.25, 0.3) is 0 Å². The second kappa shape index (κ2) is 8.11.